The molecule has 150 valence electrons. The maximum absolute atomic E-state index is 11.3. The van der Waals surface area contributed by atoms with Crippen molar-refractivity contribution in [1.29, 1.82) is 0 Å². The van der Waals surface area contributed by atoms with Crippen LogP contribution in [-0.2, 0) is 0 Å². The number of nitrogens with zero attached hydrogens (tertiary/aromatic N) is 4. The minimum absolute atomic E-state index is 0.107. The number of hydrogen-bond donors (Lipinski definition) is 0. The van der Waals surface area contributed by atoms with Crippen LogP contribution in [0.5, 0.6) is 0 Å². The molecule has 0 spiro atoms. The monoisotopic (exact) mass is 408 g/mol. The maximum atomic E-state index is 11.3. The molecule has 0 radical (unpaired) electrons. The lowest BCUT2D eigenvalue weighted by Crippen LogP contribution is -2.32. The van der Waals surface area contributed by atoms with E-state index in [-0.39, 0.29) is 10.6 Å². The van der Waals surface area contributed by atoms with Crippen molar-refractivity contribution < 1.29 is 4.92 Å². The van der Waals surface area contributed by atoms with E-state index in [4.69, 9.17) is 4.99 Å². The van der Waals surface area contributed by atoms with Gasteiger partial charge in [0.1, 0.15) is 0 Å². The van der Waals surface area contributed by atoms with E-state index >= 15 is 0 Å². The predicted molar refractivity (Wildman–Crippen MR) is 115 cm³/mol. The van der Waals surface area contributed by atoms with E-state index in [1.54, 1.807) is 35.9 Å². The van der Waals surface area contributed by atoms with Crippen LogP contribution < -0.4 is 4.80 Å². The van der Waals surface area contributed by atoms with Crippen molar-refractivity contribution in [3.05, 3.63) is 69.1 Å². The molecule has 1 fully saturated rings. The van der Waals surface area contributed by atoms with E-state index in [9.17, 15) is 10.1 Å². The number of pyridine rings is 1. The Bertz CT molecular complexity index is 1070. The summed E-state index contributed by atoms with van der Waals surface area (Å²) >= 11 is 1.58. The first kappa shape index (κ1) is 19.5. The number of benzene rings is 1. The Hall–Kier alpha value is -2.80. The molecule has 3 aromatic rings. The van der Waals surface area contributed by atoms with Crippen molar-refractivity contribution >= 4 is 22.7 Å². The topological polar surface area (TPSA) is 73.3 Å². The van der Waals surface area contributed by atoms with Crippen LogP contribution in [0.1, 0.15) is 39.2 Å². The molecule has 0 aliphatic heterocycles. The van der Waals surface area contributed by atoms with E-state index in [2.05, 4.69) is 28.8 Å². The van der Waals surface area contributed by atoms with E-state index in [0.29, 0.717) is 17.9 Å². The molecular weight excluding hydrogens is 384 g/mol. The van der Waals surface area contributed by atoms with Gasteiger partial charge in [-0.05, 0) is 30.4 Å². The molecule has 0 amide bonds. The minimum Gasteiger partial charge on any atom is -0.313 e. The fourth-order valence-corrected chi connectivity index (χ4v) is 5.13. The average Bonchev–Trinajstić information content (AvgIpc) is 3.14. The van der Waals surface area contributed by atoms with Crippen LogP contribution in [0, 0.1) is 22.0 Å². The van der Waals surface area contributed by atoms with Crippen LogP contribution in [0.4, 0.5) is 11.4 Å². The third kappa shape index (κ3) is 4.00. The van der Waals surface area contributed by atoms with E-state index in [0.717, 1.165) is 28.2 Å². The summed E-state index contributed by atoms with van der Waals surface area (Å²) in [6.07, 6.45) is 7.00. The summed E-state index contributed by atoms with van der Waals surface area (Å²) in [4.78, 5) is 20.9. The molecule has 0 saturated heterocycles. The van der Waals surface area contributed by atoms with Crippen LogP contribution in [0.25, 0.3) is 11.3 Å². The van der Waals surface area contributed by atoms with Crippen molar-refractivity contribution in [2.24, 2.45) is 16.8 Å². The van der Waals surface area contributed by atoms with Gasteiger partial charge in [-0.3, -0.25) is 15.1 Å². The van der Waals surface area contributed by atoms with Gasteiger partial charge in [-0.25, -0.2) is 4.99 Å². The number of thiazole rings is 1. The third-order valence-corrected chi connectivity index (χ3v) is 6.80. The highest BCUT2D eigenvalue weighted by Crippen LogP contribution is 2.39. The molecule has 4 rings (SSSR count). The molecule has 1 aliphatic carbocycles. The molecule has 2 aromatic heterocycles. The zero-order chi connectivity index (χ0) is 20.4. The van der Waals surface area contributed by atoms with Gasteiger partial charge in [-0.1, -0.05) is 38.8 Å². The molecule has 7 heteroatoms. The van der Waals surface area contributed by atoms with Crippen molar-refractivity contribution in [1.82, 2.24) is 9.55 Å². The lowest BCUT2D eigenvalue weighted by atomic mass is 9.78. The van der Waals surface area contributed by atoms with Crippen molar-refractivity contribution in [2.45, 2.75) is 39.2 Å². The molecule has 3 unspecified atom stereocenters. The van der Waals surface area contributed by atoms with Gasteiger partial charge in [-0.15, -0.1) is 11.3 Å². The Labute approximate surface area is 173 Å². The summed E-state index contributed by atoms with van der Waals surface area (Å²) in [7, 11) is 0. The lowest BCUT2D eigenvalue weighted by Gasteiger charge is -2.36. The summed E-state index contributed by atoms with van der Waals surface area (Å²) in [5.41, 5.74) is 2.77. The second-order valence-electron chi connectivity index (χ2n) is 7.74. The molecule has 6 nitrogen and oxygen atoms in total. The van der Waals surface area contributed by atoms with Gasteiger partial charge < -0.3 is 4.57 Å². The first-order valence-electron chi connectivity index (χ1n) is 9.94. The van der Waals surface area contributed by atoms with E-state index in [1.807, 2.05) is 18.2 Å². The van der Waals surface area contributed by atoms with Gasteiger partial charge in [0.05, 0.1) is 22.5 Å². The van der Waals surface area contributed by atoms with Crippen LogP contribution in [0.15, 0.2) is 59.2 Å². The Balaban J connectivity index is 1.89. The Morgan fingerprint density at radius 2 is 2.10 bits per heavy atom. The molecule has 1 aliphatic rings. The van der Waals surface area contributed by atoms with Gasteiger partial charge in [0, 0.05) is 35.3 Å². The highest BCUT2D eigenvalue weighted by Gasteiger charge is 2.30. The van der Waals surface area contributed by atoms with Gasteiger partial charge in [0.15, 0.2) is 4.80 Å². The molecular formula is C22H24N4O2S. The molecule has 1 saturated carbocycles. The highest BCUT2D eigenvalue weighted by molar-refractivity contribution is 7.07. The fraction of sp³-hybridized carbons (Fsp3) is 0.364. The van der Waals surface area contributed by atoms with Gasteiger partial charge >= 0.3 is 0 Å². The van der Waals surface area contributed by atoms with Crippen molar-refractivity contribution in [3.8, 4) is 11.3 Å². The fourth-order valence-electron chi connectivity index (χ4n) is 4.16. The van der Waals surface area contributed by atoms with Crippen molar-refractivity contribution in [3.63, 3.8) is 0 Å². The molecule has 2 heterocycles. The summed E-state index contributed by atoms with van der Waals surface area (Å²) in [6.45, 7) is 4.62. The molecule has 3 atom stereocenters. The van der Waals surface area contributed by atoms with Crippen molar-refractivity contribution in [2.75, 3.05) is 0 Å². The number of aromatic nitrogens is 2. The number of nitro groups is 1. The standard InChI is InChI=1S/C22H24N4O2S/c1-15-6-3-10-20(16(15)2)25-21(17-7-4-9-19(12-17)26(27)28)14-29-22(25)24-18-8-5-11-23-13-18/h4-5,7-9,11-16,20H,3,6,10H2,1-2H3. The minimum atomic E-state index is -0.341. The number of non-ortho nitro benzene ring substituents is 1. The summed E-state index contributed by atoms with van der Waals surface area (Å²) in [6, 6.07) is 11.0. The summed E-state index contributed by atoms with van der Waals surface area (Å²) in [5, 5.41) is 13.4. The zero-order valence-electron chi connectivity index (χ0n) is 16.6. The van der Waals surface area contributed by atoms with Gasteiger partial charge in [0.25, 0.3) is 5.69 Å². The first-order chi connectivity index (χ1) is 14.0. The van der Waals surface area contributed by atoms with Gasteiger partial charge in [0.2, 0.25) is 0 Å². The lowest BCUT2D eigenvalue weighted by molar-refractivity contribution is -0.384. The number of rotatable bonds is 4. The Morgan fingerprint density at radius 3 is 2.86 bits per heavy atom. The quantitative estimate of drug-likeness (QED) is 0.407. The molecule has 0 N–H and O–H groups in total. The molecule has 29 heavy (non-hydrogen) atoms. The Kier molecular flexibility index (Phi) is 5.58. The maximum Gasteiger partial charge on any atom is 0.270 e. The van der Waals surface area contributed by atoms with Crippen LogP contribution in [0.2, 0.25) is 0 Å². The number of nitro benzene ring substituents is 1. The van der Waals surface area contributed by atoms with Crippen LogP contribution >= 0.6 is 11.3 Å². The first-order valence-corrected chi connectivity index (χ1v) is 10.8. The average molecular weight is 409 g/mol. The van der Waals surface area contributed by atoms with E-state index < -0.39 is 0 Å². The second-order valence-corrected chi connectivity index (χ2v) is 8.58. The molecule has 0 bridgehead atoms. The van der Waals surface area contributed by atoms with Crippen LogP contribution in [0.3, 0.4) is 0 Å². The zero-order valence-corrected chi connectivity index (χ0v) is 17.4. The predicted octanol–water partition coefficient (Wildman–Crippen LogP) is 5.75. The largest absolute Gasteiger partial charge is 0.313 e. The smallest absolute Gasteiger partial charge is 0.270 e. The molecule has 1 aromatic carbocycles. The highest BCUT2D eigenvalue weighted by atomic mass is 32.1. The SMILES string of the molecule is CC1CCCC(n2c(-c3cccc([N+](=O)[O-])c3)csc2=Nc2cccnc2)C1C. The summed E-state index contributed by atoms with van der Waals surface area (Å²) in [5.74, 6) is 1.13. The third-order valence-electron chi connectivity index (χ3n) is 5.96. The second kappa shape index (κ2) is 8.29. The number of hydrogen-bond acceptors (Lipinski definition) is 5. The normalized spacial score (nSPS) is 22.6. The van der Waals surface area contributed by atoms with E-state index in [1.165, 1.54) is 18.9 Å². The van der Waals surface area contributed by atoms with Crippen LogP contribution in [-0.4, -0.2) is 14.5 Å². The Morgan fingerprint density at radius 1 is 1.24 bits per heavy atom. The summed E-state index contributed by atoms with van der Waals surface area (Å²) < 4.78 is 2.30. The van der Waals surface area contributed by atoms with Gasteiger partial charge in [-0.2, -0.15) is 0 Å².